The van der Waals surface area contributed by atoms with Crippen molar-refractivity contribution in [1.29, 1.82) is 0 Å². The first-order chi connectivity index (χ1) is 6.08. The number of hydrogen-bond acceptors (Lipinski definition) is 3. The van der Waals surface area contributed by atoms with Gasteiger partial charge in [-0.1, -0.05) is 0 Å². The Kier molecular flexibility index (Phi) is 2.78. The molecular formula is C10H14N2O. The molecular weight excluding hydrogens is 164 g/mol. The van der Waals surface area contributed by atoms with Crippen LogP contribution in [0.5, 0.6) is 0 Å². The van der Waals surface area contributed by atoms with Crippen LogP contribution in [0.15, 0.2) is 24.5 Å². The van der Waals surface area contributed by atoms with Crippen molar-refractivity contribution in [2.75, 3.05) is 7.05 Å². The molecule has 0 fully saturated rings. The first kappa shape index (κ1) is 9.86. The van der Waals surface area contributed by atoms with Gasteiger partial charge in [0.15, 0.2) is 5.78 Å². The number of nitrogens with zero attached hydrogens (tertiary/aromatic N) is 1. The Labute approximate surface area is 78.2 Å². The maximum absolute atomic E-state index is 11.8. The third kappa shape index (κ3) is 2.12. The summed E-state index contributed by atoms with van der Waals surface area (Å²) in [5.41, 5.74) is 0.177. The lowest BCUT2D eigenvalue weighted by Crippen LogP contribution is -2.44. The van der Waals surface area contributed by atoms with E-state index in [0.717, 1.165) is 0 Å². The molecule has 1 aromatic rings. The van der Waals surface area contributed by atoms with E-state index in [1.807, 2.05) is 13.8 Å². The Morgan fingerprint density at radius 2 is 1.92 bits per heavy atom. The van der Waals surface area contributed by atoms with E-state index < -0.39 is 5.54 Å². The van der Waals surface area contributed by atoms with Crippen LogP contribution in [0.1, 0.15) is 24.2 Å². The Hall–Kier alpha value is -1.22. The molecule has 1 aromatic heterocycles. The third-order valence-corrected chi connectivity index (χ3v) is 2.14. The van der Waals surface area contributed by atoms with Gasteiger partial charge in [-0.15, -0.1) is 0 Å². The molecule has 0 radical (unpaired) electrons. The Morgan fingerprint density at radius 3 is 2.38 bits per heavy atom. The van der Waals surface area contributed by atoms with Gasteiger partial charge < -0.3 is 5.32 Å². The van der Waals surface area contributed by atoms with Crippen LogP contribution in [-0.2, 0) is 0 Å². The van der Waals surface area contributed by atoms with Crippen molar-refractivity contribution in [2.45, 2.75) is 19.4 Å². The Bertz CT molecular complexity index is 293. The molecule has 1 rings (SSSR count). The van der Waals surface area contributed by atoms with Crippen LogP contribution in [0.2, 0.25) is 0 Å². The van der Waals surface area contributed by atoms with Crippen LogP contribution in [0, 0.1) is 0 Å². The van der Waals surface area contributed by atoms with Crippen molar-refractivity contribution in [3.63, 3.8) is 0 Å². The van der Waals surface area contributed by atoms with E-state index in [9.17, 15) is 4.79 Å². The van der Waals surface area contributed by atoms with Crippen molar-refractivity contribution in [2.24, 2.45) is 0 Å². The minimum absolute atomic E-state index is 0.0809. The van der Waals surface area contributed by atoms with Gasteiger partial charge in [0.2, 0.25) is 0 Å². The molecule has 0 saturated carbocycles. The number of pyridine rings is 1. The average molecular weight is 178 g/mol. The summed E-state index contributed by atoms with van der Waals surface area (Å²) in [6, 6.07) is 3.45. The fourth-order valence-corrected chi connectivity index (χ4v) is 0.978. The lowest BCUT2D eigenvalue weighted by molar-refractivity contribution is 0.0889. The zero-order chi connectivity index (χ0) is 9.90. The van der Waals surface area contributed by atoms with Crippen LogP contribution >= 0.6 is 0 Å². The van der Waals surface area contributed by atoms with E-state index in [1.54, 1.807) is 31.6 Å². The molecule has 0 aromatic carbocycles. The fraction of sp³-hybridized carbons (Fsp3) is 0.400. The quantitative estimate of drug-likeness (QED) is 0.708. The monoisotopic (exact) mass is 178 g/mol. The summed E-state index contributed by atoms with van der Waals surface area (Å²) in [7, 11) is 1.78. The highest BCUT2D eigenvalue weighted by Crippen LogP contribution is 2.10. The fourth-order valence-electron chi connectivity index (χ4n) is 0.978. The van der Waals surface area contributed by atoms with Gasteiger partial charge in [0.1, 0.15) is 0 Å². The number of hydrogen-bond donors (Lipinski definition) is 1. The highest BCUT2D eigenvalue weighted by molar-refractivity contribution is 6.02. The van der Waals surface area contributed by atoms with Crippen LogP contribution in [0.25, 0.3) is 0 Å². The van der Waals surface area contributed by atoms with Gasteiger partial charge in [-0.2, -0.15) is 0 Å². The highest BCUT2D eigenvalue weighted by Gasteiger charge is 2.25. The smallest absolute Gasteiger partial charge is 0.182 e. The van der Waals surface area contributed by atoms with Crippen LogP contribution < -0.4 is 5.32 Å². The molecule has 3 nitrogen and oxygen atoms in total. The minimum atomic E-state index is -0.513. The van der Waals surface area contributed by atoms with E-state index in [1.165, 1.54) is 0 Å². The maximum atomic E-state index is 11.8. The molecule has 70 valence electrons. The van der Waals surface area contributed by atoms with Crippen LogP contribution in [0.3, 0.4) is 0 Å². The second kappa shape index (κ2) is 3.66. The number of Topliss-reactive ketones (excluding diaryl/α,β-unsaturated/α-hetero) is 1. The van der Waals surface area contributed by atoms with E-state index >= 15 is 0 Å². The summed E-state index contributed by atoms with van der Waals surface area (Å²) < 4.78 is 0. The summed E-state index contributed by atoms with van der Waals surface area (Å²) >= 11 is 0. The van der Waals surface area contributed by atoms with Gasteiger partial charge in [0.25, 0.3) is 0 Å². The van der Waals surface area contributed by atoms with Gasteiger partial charge in [0.05, 0.1) is 5.54 Å². The topological polar surface area (TPSA) is 42.0 Å². The summed E-state index contributed by atoms with van der Waals surface area (Å²) in [6.07, 6.45) is 3.25. The molecule has 0 aliphatic heterocycles. The second-order valence-corrected chi connectivity index (χ2v) is 3.44. The summed E-state index contributed by atoms with van der Waals surface area (Å²) in [6.45, 7) is 3.71. The zero-order valence-corrected chi connectivity index (χ0v) is 8.16. The number of ketones is 1. The van der Waals surface area contributed by atoms with E-state index in [4.69, 9.17) is 0 Å². The molecule has 13 heavy (non-hydrogen) atoms. The van der Waals surface area contributed by atoms with E-state index in [0.29, 0.717) is 5.56 Å². The SMILES string of the molecule is CNC(C)(C)C(=O)c1ccncc1. The first-order valence-electron chi connectivity index (χ1n) is 4.21. The standard InChI is InChI=1S/C10H14N2O/c1-10(2,11-3)9(13)8-4-6-12-7-5-8/h4-7,11H,1-3H3. The predicted molar refractivity (Wildman–Crippen MR) is 51.7 cm³/mol. The first-order valence-corrected chi connectivity index (χ1v) is 4.21. The zero-order valence-electron chi connectivity index (χ0n) is 8.16. The molecule has 0 bridgehead atoms. The van der Waals surface area contributed by atoms with E-state index in [-0.39, 0.29) is 5.78 Å². The summed E-state index contributed by atoms with van der Waals surface area (Å²) in [4.78, 5) is 15.7. The third-order valence-electron chi connectivity index (χ3n) is 2.14. The lowest BCUT2D eigenvalue weighted by atomic mass is 9.94. The van der Waals surface area contributed by atoms with Crippen LogP contribution in [0.4, 0.5) is 0 Å². The van der Waals surface area contributed by atoms with E-state index in [2.05, 4.69) is 10.3 Å². The molecule has 0 unspecified atom stereocenters. The molecule has 0 spiro atoms. The molecule has 0 aliphatic rings. The number of carbonyl (C=O) groups excluding carboxylic acids is 1. The minimum Gasteiger partial charge on any atom is -0.308 e. The number of nitrogens with one attached hydrogen (secondary N) is 1. The number of aromatic nitrogens is 1. The van der Waals surface area contributed by atoms with Gasteiger partial charge >= 0.3 is 0 Å². The molecule has 0 saturated heterocycles. The molecule has 0 aliphatic carbocycles. The van der Waals surface area contributed by atoms with Gasteiger partial charge in [-0.05, 0) is 33.0 Å². The molecule has 0 amide bonds. The number of carbonyl (C=O) groups is 1. The second-order valence-electron chi connectivity index (χ2n) is 3.44. The van der Waals surface area contributed by atoms with Gasteiger partial charge in [-0.3, -0.25) is 9.78 Å². The van der Waals surface area contributed by atoms with Crippen molar-refractivity contribution in [1.82, 2.24) is 10.3 Å². The molecule has 0 atom stereocenters. The lowest BCUT2D eigenvalue weighted by Gasteiger charge is -2.21. The largest absolute Gasteiger partial charge is 0.308 e. The molecule has 1 heterocycles. The van der Waals surface area contributed by atoms with Crippen molar-refractivity contribution >= 4 is 5.78 Å². The predicted octanol–water partition coefficient (Wildman–Crippen LogP) is 1.26. The maximum Gasteiger partial charge on any atom is 0.182 e. The molecule has 1 N–H and O–H groups in total. The normalized spacial score (nSPS) is 11.3. The van der Waals surface area contributed by atoms with Gasteiger partial charge in [0, 0.05) is 18.0 Å². The summed E-state index contributed by atoms with van der Waals surface area (Å²) in [5.74, 6) is 0.0809. The summed E-state index contributed by atoms with van der Waals surface area (Å²) in [5, 5.41) is 2.97. The Morgan fingerprint density at radius 1 is 1.38 bits per heavy atom. The Balaban J connectivity index is 2.93. The molecule has 3 heteroatoms. The van der Waals surface area contributed by atoms with Crippen molar-refractivity contribution < 1.29 is 4.79 Å². The number of rotatable bonds is 3. The van der Waals surface area contributed by atoms with Crippen molar-refractivity contribution in [3.8, 4) is 0 Å². The average Bonchev–Trinajstić information content (AvgIpc) is 2.18. The number of likely N-dealkylation sites (N-methyl/N-ethyl adjacent to an activating group) is 1. The van der Waals surface area contributed by atoms with Gasteiger partial charge in [-0.25, -0.2) is 0 Å². The van der Waals surface area contributed by atoms with Crippen molar-refractivity contribution in [3.05, 3.63) is 30.1 Å². The highest BCUT2D eigenvalue weighted by atomic mass is 16.1. The van der Waals surface area contributed by atoms with Crippen LogP contribution in [-0.4, -0.2) is 23.4 Å².